The Balaban J connectivity index is 0.00000218. The number of aldehydes is 1. The van der Waals surface area contributed by atoms with Gasteiger partial charge in [-0.05, 0) is 35.9 Å². The number of ether oxygens (including phenoxy) is 1. The van der Waals surface area contributed by atoms with Crippen molar-refractivity contribution in [3.05, 3.63) is 58.1 Å². The molecule has 2 rings (SSSR count). The maximum absolute atomic E-state index is 12.6. The van der Waals surface area contributed by atoms with Gasteiger partial charge in [0.05, 0.1) is 23.3 Å². The lowest BCUT2D eigenvalue weighted by molar-refractivity contribution is -0.128. The number of carbonyl (C=O) groups is 3. The first-order valence-electron chi connectivity index (χ1n) is 9.67. The minimum absolute atomic E-state index is 0.0897. The molecule has 0 fully saturated rings. The molecular weight excluding hydrogens is 404 g/mol. The van der Waals surface area contributed by atoms with Crippen molar-refractivity contribution in [2.24, 2.45) is 5.41 Å². The summed E-state index contributed by atoms with van der Waals surface area (Å²) < 4.78 is 5.09. The van der Waals surface area contributed by atoms with E-state index in [4.69, 9.17) is 16.3 Å². The van der Waals surface area contributed by atoms with E-state index in [9.17, 15) is 14.4 Å². The fourth-order valence-corrected chi connectivity index (χ4v) is 2.61. The maximum atomic E-state index is 12.6. The lowest BCUT2D eigenvalue weighted by Crippen LogP contribution is -2.34. The molecule has 0 bridgehead atoms. The average Bonchev–Trinajstić information content (AvgIpc) is 2.73. The van der Waals surface area contributed by atoms with E-state index >= 15 is 0 Å². The molecule has 0 heterocycles. The van der Waals surface area contributed by atoms with Gasteiger partial charge in [0, 0.05) is 17.6 Å². The number of carbonyl (C=O) groups excluding carboxylic acids is 3. The molecule has 0 aliphatic carbocycles. The molecule has 0 unspecified atom stereocenters. The second-order valence-electron chi connectivity index (χ2n) is 7.28. The summed E-state index contributed by atoms with van der Waals surface area (Å²) in [6.45, 7) is 9.76. The number of methoxy groups -OCH3 is 1. The minimum Gasteiger partial charge on any atom is -0.496 e. The van der Waals surface area contributed by atoms with Crippen molar-refractivity contribution in [2.75, 3.05) is 12.4 Å². The Hall–Kier alpha value is -2.86. The molecule has 2 aromatic rings. The summed E-state index contributed by atoms with van der Waals surface area (Å²) in [5, 5.41) is 5.84. The smallest absolute Gasteiger partial charge is 0.257 e. The van der Waals surface area contributed by atoms with Gasteiger partial charge >= 0.3 is 0 Å². The highest BCUT2D eigenvalue weighted by atomic mass is 35.5. The number of benzene rings is 2. The molecule has 0 spiro atoms. The Bertz CT molecular complexity index is 905. The molecule has 0 radical (unpaired) electrons. The van der Waals surface area contributed by atoms with Gasteiger partial charge in [-0.1, -0.05) is 52.3 Å². The fraction of sp³-hybridized carbons (Fsp3) is 0.348. The molecule has 2 N–H and O–H groups in total. The van der Waals surface area contributed by atoms with Gasteiger partial charge in [0.15, 0.2) is 6.29 Å². The molecule has 162 valence electrons. The van der Waals surface area contributed by atoms with Crippen molar-refractivity contribution in [3.63, 3.8) is 0 Å². The van der Waals surface area contributed by atoms with E-state index in [2.05, 4.69) is 10.6 Å². The molecule has 6 nitrogen and oxygen atoms in total. The van der Waals surface area contributed by atoms with Crippen LogP contribution in [0.25, 0.3) is 0 Å². The lowest BCUT2D eigenvalue weighted by Gasteiger charge is -2.18. The monoisotopic (exact) mass is 432 g/mol. The topological polar surface area (TPSA) is 84.5 Å². The Labute approximate surface area is 183 Å². The van der Waals surface area contributed by atoms with Gasteiger partial charge in [-0.2, -0.15) is 0 Å². The van der Waals surface area contributed by atoms with Crippen molar-refractivity contribution >= 4 is 35.4 Å². The first-order valence-corrected chi connectivity index (χ1v) is 10.0. The van der Waals surface area contributed by atoms with Gasteiger partial charge in [-0.3, -0.25) is 14.4 Å². The van der Waals surface area contributed by atoms with Crippen LogP contribution in [0.15, 0.2) is 36.4 Å². The third-order valence-electron chi connectivity index (χ3n) is 4.02. The van der Waals surface area contributed by atoms with Crippen molar-refractivity contribution in [2.45, 2.75) is 41.2 Å². The highest BCUT2D eigenvalue weighted by Gasteiger charge is 2.21. The number of hydrogen-bond donors (Lipinski definition) is 2. The zero-order valence-corrected chi connectivity index (χ0v) is 19.0. The normalized spacial score (nSPS) is 10.4. The molecular formula is C23H29ClN2O4. The second-order valence-corrected chi connectivity index (χ2v) is 7.68. The number of anilines is 1. The third kappa shape index (κ3) is 6.88. The van der Waals surface area contributed by atoms with Crippen molar-refractivity contribution in [1.29, 1.82) is 0 Å². The quantitative estimate of drug-likeness (QED) is 0.622. The van der Waals surface area contributed by atoms with Gasteiger partial charge in [0.25, 0.3) is 5.91 Å². The van der Waals surface area contributed by atoms with E-state index in [1.54, 1.807) is 30.3 Å². The van der Waals surface area contributed by atoms with E-state index in [-0.39, 0.29) is 23.0 Å². The standard InChI is InChI=1S/C21H23ClN2O4.C2H6/c1-21(2,3)20(27)23-11-13-5-7-17(22)16(9-13)19(26)24-15-6-8-18(28-4)14(10-15)12-25;1-2/h5-10,12H,11H2,1-4H3,(H,23,27)(H,24,26);1-2H3. The Morgan fingerprint density at radius 1 is 1.10 bits per heavy atom. The van der Waals surface area contributed by atoms with Crippen LogP contribution in [0.5, 0.6) is 5.75 Å². The number of rotatable bonds is 6. The predicted octanol–water partition coefficient (Wildman–Crippen LogP) is 5.10. The summed E-state index contributed by atoms with van der Waals surface area (Å²) in [5.41, 5.74) is 1.28. The molecule has 0 aromatic heterocycles. The molecule has 0 atom stereocenters. The summed E-state index contributed by atoms with van der Waals surface area (Å²) in [4.78, 5) is 35.8. The van der Waals surface area contributed by atoms with E-state index in [1.165, 1.54) is 13.2 Å². The van der Waals surface area contributed by atoms with Crippen LogP contribution < -0.4 is 15.4 Å². The van der Waals surface area contributed by atoms with Crippen LogP contribution in [0.1, 0.15) is 60.9 Å². The summed E-state index contributed by atoms with van der Waals surface area (Å²) >= 11 is 6.17. The minimum atomic E-state index is -0.503. The second kappa shape index (κ2) is 11.4. The zero-order valence-electron chi connectivity index (χ0n) is 18.3. The van der Waals surface area contributed by atoms with Crippen LogP contribution in [0.4, 0.5) is 5.69 Å². The Morgan fingerprint density at radius 2 is 1.77 bits per heavy atom. The summed E-state index contributed by atoms with van der Waals surface area (Å²) in [6.07, 6.45) is 0.653. The first-order chi connectivity index (χ1) is 14.2. The van der Waals surface area contributed by atoms with Crippen molar-refractivity contribution in [1.82, 2.24) is 5.32 Å². The molecule has 0 saturated carbocycles. The number of halogens is 1. The molecule has 2 amide bonds. The first kappa shape index (κ1) is 25.2. The van der Waals surface area contributed by atoms with Gasteiger partial charge in [0.2, 0.25) is 5.91 Å². The largest absolute Gasteiger partial charge is 0.496 e. The van der Waals surface area contributed by atoms with E-state index in [0.29, 0.717) is 23.3 Å². The molecule has 7 heteroatoms. The number of amides is 2. The highest BCUT2D eigenvalue weighted by molar-refractivity contribution is 6.34. The van der Waals surface area contributed by atoms with Crippen LogP contribution in [-0.4, -0.2) is 25.2 Å². The van der Waals surface area contributed by atoms with Crippen molar-refractivity contribution in [3.8, 4) is 5.75 Å². The highest BCUT2D eigenvalue weighted by Crippen LogP contribution is 2.23. The van der Waals surface area contributed by atoms with Gasteiger partial charge in [-0.25, -0.2) is 0 Å². The van der Waals surface area contributed by atoms with Crippen LogP contribution in [-0.2, 0) is 11.3 Å². The zero-order chi connectivity index (χ0) is 22.9. The van der Waals surface area contributed by atoms with E-state index in [0.717, 1.165) is 5.56 Å². The maximum Gasteiger partial charge on any atom is 0.257 e. The summed E-state index contributed by atoms with van der Waals surface area (Å²) in [7, 11) is 1.46. The Kier molecular flexibility index (Phi) is 9.53. The average molecular weight is 433 g/mol. The number of nitrogens with one attached hydrogen (secondary N) is 2. The molecule has 0 saturated heterocycles. The van der Waals surface area contributed by atoms with E-state index in [1.807, 2.05) is 34.6 Å². The SMILES string of the molecule is CC.COc1ccc(NC(=O)c2cc(CNC(=O)C(C)(C)C)ccc2Cl)cc1C=O. The van der Waals surface area contributed by atoms with E-state index < -0.39 is 11.3 Å². The summed E-state index contributed by atoms with van der Waals surface area (Å²) in [5.74, 6) is -0.0910. The predicted molar refractivity (Wildman–Crippen MR) is 120 cm³/mol. The van der Waals surface area contributed by atoms with Gasteiger partial charge < -0.3 is 15.4 Å². The van der Waals surface area contributed by atoms with Gasteiger partial charge in [-0.15, -0.1) is 0 Å². The van der Waals surface area contributed by atoms with Crippen molar-refractivity contribution < 1.29 is 19.1 Å². The van der Waals surface area contributed by atoms with Crippen LogP contribution in [0, 0.1) is 5.41 Å². The van der Waals surface area contributed by atoms with Crippen LogP contribution >= 0.6 is 11.6 Å². The van der Waals surface area contributed by atoms with Crippen LogP contribution in [0.3, 0.4) is 0 Å². The van der Waals surface area contributed by atoms with Gasteiger partial charge in [0.1, 0.15) is 5.75 Å². The molecule has 30 heavy (non-hydrogen) atoms. The van der Waals surface area contributed by atoms with Crippen LogP contribution in [0.2, 0.25) is 5.02 Å². The fourth-order valence-electron chi connectivity index (χ4n) is 2.41. The molecule has 0 aliphatic heterocycles. The summed E-state index contributed by atoms with van der Waals surface area (Å²) in [6, 6.07) is 9.74. The Morgan fingerprint density at radius 3 is 2.33 bits per heavy atom. The lowest BCUT2D eigenvalue weighted by atomic mass is 9.95. The molecule has 2 aromatic carbocycles. The molecule has 0 aliphatic rings. The number of hydrogen-bond acceptors (Lipinski definition) is 4. The third-order valence-corrected chi connectivity index (χ3v) is 4.35.